The van der Waals surface area contributed by atoms with Gasteiger partial charge >= 0.3 is 5.97 Å². The van der Waals surface area contributed by atoms with Crippen LogP contribution in [0.2, 0.25) is 0 Å². The van der Waals surface area contributed by atoms with E-state index in [9.17, 15) is 9.90 Å². The first-order chi connectivity index (χ1) is 12.5. The molecule has 0 amide bonds. The van der Waals surface area contributed by atoms with Gasteiger partial charge in [-0.3, -0.25) is 0 Å². The highest BCUT2D eigenvalue weighted by molar-refractivity contribution is 14.1. The summed E-state index contributed by atoms with van der Waals surface area (Å²) in [5.74, 6) is -0.156. The molecule has 1 aliphatic carbocycles. The van der Waals surface area contributed by atoms with E-state index in [0.717, 1.165) is 19.3 Å². The molecule has 5 atom stereocenters. The SMILES string of the molecule is CC[C@H]1C[C@H](OC(=O)C(O)(c2cccs2)c2cccs2)C[C@@H](I)[C@H]2O[C@@H]12. The van der Waals surface area contributed by atoms with Crippen molar-refractivity contribution in [1.82, 2.24) is 0 Å². The van der Waals surface area contributed by atoms with Gasteiger partial charge in [-0.15, -0.1) is 22.7 Å². The molecule has 0 aromatic carbocycles. The number of carbonyl (C=O) groups excluding carboxylic acids is 1. The first kappa shape index (κ1) is 18.9. The summed E-state index contributed by atoms with van der Waals surface area (Å²) in [6.07, 6.45) is 3.00. The number of ether oxygens (including phenoxy) is 2. The number of hydrogen-bond acceptors (Lipinski definition) is 6. The van der Waals surface area contributed by atoms with Crippen LogP contribution in [0.3, 0.4) is 0 Å². The summed E-state index contributed by atoms with van der Waals surface area (Å²) in [4.78, 5) is 14.3. The number of rotatable bonds is 5. The van der Waals surface area contributed by atoms with Crippen molar-refractivity contribution < 1.29 is 19.4 Å². The highest BCUT2D eigenvalue weighted by atomic mass is 127. The summed E-state index contributed by atoms with van der Waals surface area (Å²) < 4.78 is 12.1. The monoisotopic (exact) mass is 504 g/mol. The third kappa shape index (κ3) is 3.37. The summed E-state index contributed by atoms with van der Waals surface area (Å²) in [7, 11) is 0. The van der Waals surface area contributed by atoms with Crippen molar-refractivity contribution >= 4 is 51.2 Å². The Kier molecular flexibility index (Phi) is 5.44. The molecule has 1 N–H and O–H groups in total. The van der Waals surface area contributed by atoms with Crippen molar-refractivity contribution in [3.8, 4) is 0 Å². The van der Waals surface area contributed by atoms with Crippen LogP contribution in [0.15, 0.2) is 35.0 Å². The molecule has 2 aromatic rings. The number of aliphatic hydroxyl groups is 1. The van der Waals surface area contributed by atoms with Gasteiger partial charge in [-0.05, 0) is 41.7 Å². The molecule has 1 aliphatic heterocycles. The van der Waals surface area contributed by atoms with Crippen molar-refractivity contribution in [3.63, 3.8) is 0 Å². The molecule has 1 saturated heterocycles. The predicted molar refractivity (Wildman–Crippen MR) is 111 cm³/mol. The summed E-state index contributed by atoms with van der Waals surface area (Å²) in [6, 6.07) is 7.27. The average Bonchev–Trinajstić information content (AvgIpc) is 3.04. The molecule has 0 unspecified atom stereocenters. The van der Waals surface area contributed by atoms with E-state index in [-0.39, 0.29) is 12.2 Å². The molecule has 7 heteroatoms. The lowest BCUT2D eigenvalue weighted by Gasteiger charge is -2.28. The Morgan fingerprint density at radius 3 is 2.46 bits per heavy atom. The van der Waals surface area contributed by atoms with Crippen molar-refractivity contribution in [2.75, 3.05) is 0 Å². The summed E-state index contributed by atoms with van der Waals surface area (Å²) >= 11 is 5.14. The number of fused-ring (bicyclic) bond motifs is 1. The molecule has 140 valence electrons. The smallest absolute Gasteiger partial charge is 0.349 e. The Morgan fingerprint density at radius 1 is 1.27 bits per heavy atom. The van der Waals surface area contributed by atoms with Gasteiger partial charge in [0.15, 0.2) is 0 Å². The van der Waals surface area contributed by atoms with Crippen LogP contribution in [0.1, 0.15) is 35.9 Å². The third-order valence-corrected chi connectivity index (χ3v) is 8.46. The van der Waals surface area contributed by atoms with Crippen LogP contribution in [0.4, 0.5) is 0 Å². The molecular weight excluding hydrogens is 483 g/mol. The standard InChI is InChI=1S/C19H21IO4S2/c1-2-11-9-12(10-13(20)17-16(11)24-17)23-18(21)19(22,14-5-3-7-25-14)15-6-4-8-26-15/h3-8,11-13,16-17,22H,2,9-10H2,1H3/t11-,12-,13+,16-,17+/m0/s1. The average molecular weight is 504 g/mol. The molecule has 2 aliphatic rings. The van der Waals surface area contributed by atoms with E-state index in [2.05, 4.69) is 29.5 Å². The van der Waals surface area contributed by atoms with Gasteiger partial charge in [-0.1, -0.05) is 48.1 Å². The Labute approximate surface area is 174 Å². The van der Waals surface area contributed by atoms with Gasteiger partial charge in [0.1, 0.15) is 6.10 Å². The van der Waals surface area contributed by atoms with Crippen molar-refractivity contribution in [2.45, 2.75) is 54.0 Å². The topological polar surface area (TPSA) is 59.1 Å². The molecule has 26 heavy (non-hydrogen) atoms. The minimum Gasteiger partial charge on any atom is -0.460 e. The zero-order chi connectivity index (χ0) is 18.3. The lowest BCUT2D eigenvalue weighted by atomic mass is 9.95. The first-order valence-corrected chi connectivity index (χ1v) is 11.9. The fourth-order valence-corrected chi connectivity index (χ4v) is 6.64. The zero-order valence-corrected chi connectivity index (χ0v) is 18.1. The second kappa shape index (κ2) is 7.50. The lowest BCUT2D eigenvalue weighted by Crippen LogP contribution is -2.40. The molecule has 4 nitrogen and oxygen atoms in total. The fraction of sp³-hybridized carbons (Fsp3) is 0.526. The molecule has 2 aromatic heterocycles. The van der Waals surface area contributed by atoms with Gasteiger partial charge < -0.3 is 14.6 Å². The summed E-state index contributed by atoms with van der Waals surface area (Å²) in [5, 5.41) is 15.1. The second-order valence-electron chi connectivity index (χ2n) is 6.91. The van der Waals surface area contributed by atoms with E-state index in [1.807, 2.05) is 22.9 Å². The highest BCUT2D eigenvalue weighted by Crippen LogP contribution is 2.45. The molecule has 0 radical (unpaired) electrons. The molecule has 1 saturated carbocycles. The van der Waals surface area contributed by atoms with Crippen LogP contribution in [-0.4, -0.2) is 33.3 Å². The number of epoxide rings is 1. The molecule has 3 heterocycles. The van der Waals surface area contributed by atoms with E-state index in [1.54, 1.807) is 12.1 Å². The molecule has 0 spiro atoms. The van der Waals surface area contributed by atoms with Crippen LogP contribution < -0.4 is 0 Å². The van der Waals surface area contributed by atoms with Crippen molar-refractivity contribution in [1.29, 1.82) is 0 Å². The van der Waals surface area contributed by atoms with E-state index < -0.39 is 11.6 Å². The maximum absolute atomic E-state index is 13.1. The van der Waals surface area contributed by atoms with E-state index >= 15 is 0 Å². The van der Waals surface area contributed by atoms with E-state index in [1.165, 1.54) is 22.7 Å². The lowest BCUT2D eigenvalue weighted by molar-refractivity contribution is -0.168. The molecule has 2 fully saturated rings. The van der Waals surface area contributed by atoms with Gasteiger partial charge in [0.05, 0.1) is 22.0 Å². The normalized spacial score (nSPS) is 31.1. The number of thiophene rings is 2. The van der Waals surface area contributed by atoms with Crippen LogP contribution >= 0.6 is 45.3 Å². The minimum absolute atomic E-state index is 0.183. The number of carbonyl (C=O) groups is 1. The first-order valence-electron chi connectivity index (χ1n) is 8.85. The Morgan fingerprint density at radius 2 is 1.92 bits per heavy atom. The maximum atomic E-state index is 13.1. The van der Waals surface area contributed by atoms with Crippen molar-refractivity contribution in [3.05, 3.63) is 44.8 Å². The fourth-order valence-electron chi connectivity index (χ4n) is 3.78. The molecular formula is C19H21IO4S2. The Hall–Kier alpha value is -0.480. The quantitative estimate of drug-likeness (QED) is 0.285. The van der Waals surface area contributed by atoms with Gasteiger partial charge in [0, 0.05) is 3.92 Å². The van der Waals surface area contributed by atoms with Gasteiger partial charge in [-0.2, -0.15) is 0 Å². The largest absolute Gasteiger partial charge is 0.460 e. The second-order valence-corrected chi connectivity index (χ2v) is 10.4. The van der Waals surface area contributed by atoms with Crippen molar-refractivity contribution in [2.24, 2.45) is 5.92 Å². The summed E-state index contributed by atoms with van der Waals surface area (Å²) in [5.41, 5.74) is -1.73. The van der Waals surface area contributed by atoms with E-state index in [0.29, 0.717) is 25.7 Å². The third-order valence-electron chi connectivity index (χ3n) is 5.29. The van der Waals surface area contributed by atoms with Crippen LogP contribution in [-0.2, 0) is 19.9 Å². The Bertz CT molecular complexity index is 711. The molecule has 4 rings (SSSR count). The number of halogens is 1. The van der Waals surface area contributed by atoms with Gasteiger partial charge in [0.2, 0.25) is 5.60 Å². The Balaban J connectivity index is 1.57. The van der Waals surface area contributed by atoms with Crippen LogP contribution in [0.25, 0.3) is 0 Å². The van der Waals surface area contributed by atoms with E-state index in [4.69, 9.17) is 9.47 Å². The number of esters is 1. The predicted octanol–water partition coefficient (Wildman–Crippen LogP) is 4.35. The highest BCUT2D eigenvalue weighted by Gasteiger charge is 2.53. The van der Waals surface area contributed by atoms with Crippen LogP contribution in [0.5, 0.6) is 0 Å². The van der Waals surface area contributed by atoms with Gasteiger partial charge in [-0.25, -0.2) is 4.79 Å². The number of hydrogen-bond donors (Lipinski definition) is 1. The maximum Gasteiger partial charge on any atom is 0.349 e. The van der Waals surface area contributed by atoms with Gasteiger partial charge in [0.25, 0.3) is 0 Å². The zero-order valence-electron chi connectivity index (χ0n) is 14.3. The van der Waals surface area contributed by atoms with Crippen LogP contribution in [0, 0.1) is 5.92 Å². The number of alkyl halides is 1. The minimum atomic E-state index is -1.73. The molecule has 0 bridgehead atoms. The summed E-state index contributed by atoms with van der Waals surface area (Å²) in [6.45, 7) is 2.16.